The van der Waals surface area contributed by atoms with E-state index in [1.165, 1.54) is 6.07 Å². The number of rotatable bonds is 5. The highest BCUT2D eigenvalue weighted by Gasteiger charge is 2.24. The van der Waals surface area contributed by atoms with Gasteiger partial charge in [-0.05, 0) is 67.2 Å². The first kappa shape index (κ1) is 21.7. The van der Waals surface area contributed by atoms with Crippen LogP contribution in [0.3, 0.4) is 0 Å². The summed E-state index contributed by atoms with van der Waals surface area (Å²) in [6.45, 7) is 11.8. The number of carbonyl (C=O) groups is 1. The maximum Gasteiger partial charge on any atom is 0.407 e. The summed E-state index contributed by atoms with van der Waals surface area (Å²) in [6.07, 6.45) is 0.908. The van der Waals surface area contributed by atoms with Crippen LogP contribution in [0.25, 0.3) is 0 Å². The van der Waals surface area contributed by atoms with Crippen molar-refractivity contribution >= 4 is 34.4 Å². The molecular formula is C18H27IN2O4. The van der Waals surface area contributed by atoms with Crippen molar-refractivity contribution < 1.29 is 14.5 Å². The Morgan fingerprint density at radius 1 is 1.28 bits per heavy atom. The third-order valence-electron chi connectivity index (χ3n) is 3.29. The van der Waals surface area contributed by atoms with Gasteiger partial charge in [-0.15, -0.1) is 0 Å². The number of hydrogen-bond donors (Lipinski definition) is 1. The zero-order valence-electron chi connectivity index (χ0n) is 15.7. The van der Waals surface area contributed by atoms with Gasteiger partial charge in [0.15, 0.2) is 0 Å². The first-order chi connectivity index (χ1) is 11.3. The van der Waals surface area contributed by atoms with Crippen molar-refractivity contribution in [3.05, 3.63) is 37.4 Å². The summed E-state index contributed by atoms with van der Waals surface area (Å²) in [5.74, 6) is 0. The molecule has 0 aliphatic rings. The highest BCUT2D eigenvalue weighted by atomic mass is 127. The summed E-state index contributed by atoms with van der Waals surface area (Å²) >= 11 is 2.10. The van der Waals surface area contributed by atoms with Crippen LogP contribution in [0.2, 0.25) is 0 Å². The second kappa shape index (κ2) is 8.33. The van der Waals surface area contributed by atoms with Gasteiger partial charge in [-0.2, -0.15) is 0 Å². The molecule has 0 heterocycles. The van der Waals surface area contributed by atoms with Crippen molar-refractivity contribution in [2.45, 2.75) is 66.0 Å². The number of amides is 1. The minimum absolute atomic E-state index is 0.0197. The van der Waals surface area contributed by atoms with Crippen molar-refractivity contribution in [3.63, 3.8) is 0 Å². The maximum absolute atomic E-state index is 12.1. The molecule has 0 aliphatic heterocycles. The van der Waals surface area contributed by atoms with E-state index >= 15 is 0 Å². The molecule has 0 saturated carbocycles. The van der Waals surface area contributed by atoms with Gasteiger partial charge in [0, 0.05) is 21.7 Å². The SMILES string of the molecule is CC(C)(C)CC(Cc1ccc([N+](=O)[O-])cc1I)NC(=O)OC(C)(C)C. The molecule has 0 spiro atoms. The van der Waals surface area contributed by atoms with E-state index < -0.39 is 16.6 Å². The van der Waals surface area contributed by atoms with Crippen LogP contribution in [0.1, 0.15) is 53.5 Å². The number of benzene rings is 1. The van der Waals surface area contributed by atoms with Crippen LogP contribution in [0, 0.1) is 19.1 Å². The second-order valence-corrected chi connectivity index (χ2v) is 9.51. The van der Waals surface area contributed by atoms with Crippen LogP contribution in [-0.2, 0) is 11.2 Å². The molecule has 0 fully saturated rings. The topological polar surface area (TPSA) is 81.5 Å². The molecule has 1 rings (SSSR count). The summed E-state index contributed by atoms with van der Waals surface area (Å²) in [4.78, 5) is 22.6. The van der Waals surface area contributed by atoms with Crippen LogP contribution in [0.4, 0.5) is 10.5 Å². The van der Waals surface area contributed by atoms with E-state index in [4.69, 9.17) is 4.74 Å². The van der Waals surface area contributed by atoms with Gasteiger partial charge in [0.1, 0.15) is 5.60 Å². The molecular weight excluding hydrogens is 435 g/mol. The Balaban J connectivity index is 2.94. The standard InChI is InChI=1S/C18H27IN2O4/c1-17(2,3)11-13(20-16(22)25-18(4,5)6)9-12-7-8-14(21(23)24)10-15(12)19/h7-8,10,13H,9,11H2,1-6H3,(H,20,22). The summed E-state index contributed by atoms with van der Waals surface area (Å²) in [5.41, 5.74) is 0.501. The van der Waals surface area contributed by atoms with Gasteiger partial charge in [-0.3, -0.25) is 10.1 Å². The van der Waals surface area contributed by atoms with Gasteiger partial charge in [0.25, 0.3) is 5.69 Å². The number of nitrogens with zero attached hydrogens (tertiary/aromatic N) is 1. The van der Waals surface area contributed by atoms with Crippen LogP contribution >= 0.6 is 22.6 Å². The Hall–Kier alpha value is -1.38. The number of nitro groups is 1. The number of non-ortho nitro benzene ring substituents is 1. The highest BCUT2D eigenvalue weighted by molar-refractivity contribution is 14.1. The largest absolute Gasteiger partial charge is 0.444 e. The van der Waals surface area contributed by atoms with Gasteiger partial charge in [-0.1, -0.05) is 26.8 Å². The third kappa shape index (κ3) is 8.51. The molecule has 0 bridgehead atoms. The molecule has 1 aromatic rings. The fourth-order valence-corrected chi connectivity index (χ4v) is 3.19. The lowest BCUT2D eigenvalue weighted by molar-refractivity contribution is -0.385. The molecule has 1 amide bonds. The molecule has 0 aliphatic carbocycles. The maximum atomic E-state index is 12.1. The van der Waals surface area contributed by atoms with E-state index in [2.05, 4.69) is 48.7 Å². The summed E-state index contributed by atoms with van der Waals surface area (Å²) in [6, 6.07) is 4.69. The molecule has 0 aromatic heterocycles. The normalized spacial score (nSPS) is 13.2. The molecule has 0 saturated heterocycles. The lowest BCUT2D eigenvalue weighted by Crippen LogP contribution is -2.42. The van der Waals surface area contributed by atoms with Crippen molar-refractivity contribution in [2.75, 3.05) is 0 Å². The third-order valence-corrected chi connectivity index (χ3v) is 4.30. The molecule has 140 valence electrons. The van der Waals surface area contributed by atoms with Gasteiger partial charge in [-0.25, -0.2) is 4.79 Å². The van der Waals surface area contributed by atoms with E-state index in [1.54, 1.807) is 12.1 Å². The zero-order valence-corrected chi connectivity index (χ0v) is 17.8. The van der Waals surface area contributed by atoms with E-state index in [-0.39, 0.29) is 17.1 Å². The molecule has 0 radical (unpaired) electrons. The number of hydrogen-bond acceptors (Lipinski definition) is 4. The van der Waals surface area contributed by atoms with Crippen molar-refractivity contribution in [3.8, 4) is 0 Å². The molecule has 25 heavy (non-hydrogen) atoms. The van der Waals surface area contributed by atoms with Crippen LogP contribution in [0.5, 0.6) is 0 Å². The Bertz CT molecular complexity index is 633. The number of alkyl carbamates (subject to hydrolysis) is 1. The molecule has 1 aromatic carbocycles. The second-order valence-electron chi connectivity index (χ2n) is 8.34. The monoisotopic (exact) mass is 462 g/mol. The first-order valence-corrected chi connectivity index (χ1v) is 9.27. The highest BCUT2D eigenvalue weighted by Crippen LogP contribution is 2.26. The van der Waals surface area contributed by atoms with Gasteiger partial charge in [0.05, 0.1) is 4.92 Å². The van der Waals surface area contributed by atoms with Gasteiger partial charge in [0.2, 0.25) is 0 Å². The lowest BCUT2D eigenvalue weighted by Gasteiger charge is -2.28. The zero-order chi connectivity index (χ0) is 19.4. The minimum atomic E-state index is -0.557. The average molecular weight is 462 g/mol. The van der Waals surface area contributed by atoms with Crippen molar-refractivity contribution in [1.82, 2.24) is 5.32 Å². The Morgan fingerprint density at radius 2 is 1.88 bits per heavy atom. The van der Waals surface area contributed by atoms with E-state index in [0.29, 0.717) is 6.42 Å². The predicted octanol–water partition coefficient (Wildman–Crippen LogP) is 5.07. The summed E-state index contributed by atoms with van der Waals surface area (Å²) < 4.78 is 6.18. The number of ether oxygens (including phenoxy) is 1. The first-order valence-electron chi connectivity index (χ1n) is 8.19. The van der Waals surface area contributed by atoms with Gasteiger partial charge < -0.3 is 10.1 Å². The number of nitrogens with one attached hydrogen (secondary N) is 1. The van der Waals surface area contributed by atoms with Crippen LogP contribution < -0.4 is 5.32 Å². The molecule has 1 atom stereocenters. The Labute approximate surface area is 163 Å². The molecule has 1 unspecified atom stereocenters. The van der Waals surface area contributed by atoms with E-state index in [0.717, 1.165) is 15.6 Å². The molecule has 6 nitrogen and oxygen atoms in total. The number of halogens is 1. The summed E-state index contributed by atoms with van der Waals surface area (Å²) in [7, 11) is 0. The van der Waals surface area contributed by atoms with Crippen LogP contribution in [-0.4, -0.2) is 22.7 Å². The average Bonchev–Trinajstić information content (AvgIpc) is 2.36. The van der Waals surface area contributed by atoms with Crippen molar-refractivity contribution in [1.29, 1.82) is 0 Å². The Kier molecular flexibility index (Phi) is 7.22. The quantitative estimate of drug-likeness (QED) is 0.376. The minimum Gasteiger partial charge on any atom is -0.444 e. The predicted molar refractivity (Wildman–Crippen MR) is 107 cm³/mol. The van der Waals surface area contributed by atoms with E-state index in [1.807, 2.05) is 20.8 Å². The van der Waals surface area contributed by atoms with Crippen LogP contribution in [0.15, 0.2) is 18.2 Å². The number of carbonyl (C=O) groups excluding carboxylic acids is 1. The fraction of sp³-hybridized carbons (Fsp3) is 0.611. The fourth-order valence-electron chi connectivity index (χ4n) is 2.47. The Morgan fingerprint density at radius 3 is 2.32 bits per heavy atom. The van der Waals surface area contributed by atoms with Gasteiger partial charge >= 0.3 is 6.09 Å². The lowest BCUT2D eigenvalue weighted by atomic mass is 9.86. The molecule has 7 heteroatoms. The van der Waals surface area contributed by atoms with E-state index in [9.17, 15) is 14.9 Å². The summed E-state index contributed by atoms with van der Waals surface area (Å²) in [5, 5.41) is 13.8. The number of nitro benzene ring substituents is 1. The molecule has 1 N–H and O–H groups in total. The van der Waals surface area contributed by atoms with Crippen molar-refractivity contribution in [2.24, 2.45) is 5.41 Å². The smallest absolute Gasteiger partial charge is 0.407 e.